The summed E-state index contributed by atoms with van der Waals surface area (Å²) >= 11 is 0. The molecule has 0 saturated carbocycles. The molecule has 9 nitrogen and oxygen atoms in total. The van der Waals surface area contributed by atoms with E-state index >= 15 is 0 Å². The Kier molecular flexibility index (Phi) is 4.31. The monoisotopic (exact) mass is 369 g/mol. The molecule has 5 N–H and O–H groups in total. The van der Waals surface area contributed by atoms with Gasteiger partial charge in [0, 0.05) is 0 Å². The number of ether oxygens (including phenoxy) is 1. The maximum atomic E-state index is 11.9. The standard InChI is InChI=1S/C15H24N5O4P/c1-15(23)10(21)8(5-6-25(2,3)4)24-13(15)20-7-17-9-11(20)18-14(16)19-12(9)22/h7-8,10,13,21,23H,2,5-6H2,1,3-4H3,(H3,16,18,19,22)/t8-,10-,13?,15-/m1/s1. The zero-order valence-corrected chi connectivity index (χ0v) is 15.4. The predicted molar refractivity (Wildman–Crippen MR) is 98.5 cm³/mol. The SMILES string of the molecule is C=P(C)(C)CC[C@H]1OC(n2cnc3c(=O)[nH]c(N)nc32)[C@](C)(O)[C@@H]1O. The molecule has 0 amide bonds. The molecule has 138 valence electrons. The van der Waals surface area contributed by atoms with Crippen LogP contribution in [0.4, 0.5) is 5.95 Å². The van der Waals surface area contributed by atoms with Crippen molar-refractivity contribution in [2.75, 3.05) is 25.2 Å². The van der Waals surface area contributed by atoms with Gasteiger partial charge in [0.15, 0.2) is 17.4 Å². The normalized spacial score (nSPS) is 30.2. The summed E-state index contributed by atoms with van der Waals surface area (Å²) in [6.07, 6.45) is 4.37. The number of aromatic amines is 1. The van der Waals surface area contributed by atoms with Gasteiger partial charge < -0.3 is 20.7 Å². The predicted octanol–water partition coefficient (Wildman–Crippen LogP) is -0.190. The van der Waals surface area contributed by atoms with Gasteiger partial charge in [0.2, 0.25) is 5.95 Å². The van der Waals surface area contributed by atoms with E-state index in [0.717, 1.165) is 6.16 Å². The largest absolute Gasteiger partial charge is 0.387 e. The van der Waals surface area contributed by atoms with Crippen LogP contribution in [0.3, 0.4) is 0 Å². The molecule has 10 heteroatoms. The van der Waals surface area contributed by atoms with Crippen LogP contribution in [0, 0.1) is 0 Å². The number of aromatic nitrogens is 4. The van der Waals surface area contributed by atoms with E-state index < -0.39 is 36.5 Å². The number of anilines is 1. The molecule has 1 fully saturated rings. The van der Waals surface area contributed by atoms with Crippen LogP contribution in [-0.2, 0) is 4.74 Å². The van der Waals surface area contributed by atoms with Crippen LogP contribution in [0.15, 0.2) is 11.1 Å². The molecule has 3 rings (SSSR count). The van der Waals surface area contributed by atoms with E-state index in [0.29, 0.717) is 6.42 Å². The van der Waals surface area contributed by atoms with E-state index in [2.05, 4.69) is 34.6 Å². The van der Waals surface area contributed by atoms with Gasteiger partial charge in [-0.2, -0.15) is 4.98 Å². The number of aliphatic hydroxyl groups excluding tert-OH is 1. The van der Waals surface area contributed by atoms with Gasteiger partial charge in [0.1, 0.15) is 11.7 Å². The summed E-state index contributed by atoms with van der Waals surface area (Å²) < 4.78 is 7.38. The molecule has 0 bridgehead atoms. The van der Waals surface area contributed by atoms with Gasteiger partial charge in [-0.05, 0) is 32.8 Å². The molecule has 0 aliphatic carbocycles. The number of rotatable bonds is 4. The van der Waals surface area contributed by atoms with Crippen molar-refractivity contribution in [2.45, 2.75) is 37.4 Å². The highest BCUT2D eigenvalue weighted by atomic mass is 31.2. The molecule has 1 unspecified atom stereocenters. The first-order valence-electron chi connectivity index (χ1n) is 7.96. The summed E-state index contributed by atoms with van der Waals surface area (Å²) in [6.45, 7) is 4.42. The minimum atomic E-state index is -1.57. The van der Waals surface area contributed by atoms with Crippen molar-refractivity contribution in [3.05, 3.63) is 16.7 Å². The third kappa shape index (κ3) is 3.25. The van der Waals surface area contributed by atoms with Gasteiger partial charge in [-0.1, -0.05) is 0 Å². The second-order valence-corrected chi connectivity index (χ2v) is 11.7. The second-order valence-electron chi connectivity index (χ2n) is 7.42. The number of fused-ring (bicyclic) bond motifs is 1. The molecule has 2 aromatic heterocycles. The number of nitrogens with one attached hydrogen (secondary N) is 1. The second kappa shape index (κ2) is 5.95. The fourth-order valence-corrected chi connectivity index (χ4v) is 4.02. The molecule has 0 radical (unpaired) electrons. The van der Waals surface area contributed by atoms with Crippen molar-refractivity contribution in [2.24, 2.45) is 0 Å². The van der Waals surface area contributed by atoms with Crippen LogP contribution in [0.2, 0.25) is 0 Å². The molecule has 0 aromatic carbocycles. The molecule has 0 spiro atoms. The Bertz CT molecular complexity index is 899. The third-order valence-corrected chi connectivity index (χ3v) is 5.95. The van der Waals surface area contributed by atoms with Crippen LogP contribution in [-0.4, -0.2) is 73.3 Å². The minimum absolute atomic E-state index is 0.0578. The Hall–Kier alpha value is -1.67. The van der Waals surface area contributed by atoms with Crippen LogP contribution in [0.25, 0.3) is 11.2 Å². The first-order chi connectivity index (χ1) is 11.5. The fourth-order valence-electron chi connectivity index (χ4n) is 3.06. The number of imidazole rings is 1. The summed E-state index contributed by atoms with van der Waals surface area (Å²) in [4.78, 5) is 22.4. The first-order valence-corrected chi connectivity index (χ1v) is 11.0. The molecular weight excluding hydrogens is 345 g/mol. The number of H-pyrrole nitrogens is 1. The van der Waals surface area contributed by atoms with E-state index in [1.807, 2.05) is 0 Å². The first kappa shape index (κ1) is 18.1. The zero-order chi connectivity index (χ0) is 18.6. The number of nitrogens with two attached hydrogens (primary N) is 1. The third-order valence-electron chi connectivity index (χ3n) is 4.48. The highest BCUT2D eigenvalue weighted by molar-refractivity contribution is 7.72. The molecular formula is C15H24N5O4P. The van der Waals surface area contributed by atoms with E-state index in [-0.39, 0.29) is 17.1 Å². The summed E-state index contributed by atoms with van der Waals surface area (Å²) in [5.41, 5.74) is 3.86. The van der Waals surface area contributed by atoms with Gasteiger partial charge in [0.05, 0.1) is 12.4 Å². The van der Waals surface area contributed by atoms with Crippen molar-refractivity contribution in [1.82, 2.24) is 19.5 Å². The van der Waals surface area contributed by atoms with Crippen LogP contribution < -0.4 is 11.3 Å². The van der Waals surface area contributed by atoms with Gasteiger partial charge in [-0.15, -0.1) is 13.2 Å². The van der Waals surface area contributed by atoms with E-state index in [1.165, 1.54) is 17.8 Å². The lowest BCUT2D eigenvalue weighted by Gasteiger charge is -2.27. The number of hydrogen-bond acceptors (Lipinski definition) is 7. The Morgan fingerprint density at radius 2 is 2.24 bits per heavy atom. The number of nitrogens with zero attached hydrogens (tertiary/aromatic N) is 3. The van der Waals surface area contributed by atoms with E-state index in [4.69, 9.17) is 10.5 Å². The topological polar surface area (TPSA) is 139 Å². The van der Waals surface area contributed by atoms with Crippen molar-refractivity contribution >= 4 is 30.3 Å². The number of nitrogen functional groups attached to an aromatic ring is 1. The van der Waals surface area contributed by atoms with E-state index in [9.17, 15) is 15.0 Å². The molecule has 1 aliphatic rings. The Balaban J connectivity index is 1.97. The van der Waals surface area contributed by atoms with Crippen LogP contribution >= 0.6 is 6.89 Å². The average molecular weight is 369 g/mol. The number of aliphatic hydroxyl groups is 2. The van der Waals surface area contributed by atoms with Gasteiger partial charge in [-0.25, -0.2) is 4.98 Å². The summed E-state index contributed by atoms with van der Waals surface area (Å²) in [6, 6.07) is 0. The Morgan fingerprint density at radius 1 is 1.56 bits per heavy atom. The van der Waals surface area contributed by atoms with E-state index in [1.54, 1.807) is 0 Å². The lowest BCUT2D eigenvalue weighted by molar-refractivity contribution is -0.0939. The summed E-state index contributed by atoms with van der Waals surface area (Å²) in [7, 11) is 0. The number of hydrogen-bond donors (Lipinski definition) is 4. The molecule has 3 heterocycles. The summed E-state index contributed by atoms with van der Waals surface area (Å²) in [5, 5.41) is 21.4. The molecule has 2 aromatic rings. The minimum Gasteiger partial charge on any atom is -0.387 e. The zero-order valence-electron chi connectivity index (χ0n) is 14.5. The van der Waals surface area contributed by atoms with Crippen LogP contribution in [0.1, 0.15) is 19.6 Å². The fraction of sp³-hybridized carbons (Fsp3) is 0.600. The highest BCUT2D eigenvalue weighted by Gasteiger charge is 2.53. The van der Waals surface area contributed by atoms with Crippen LogP contribution in [0.5, 0.6) is 0 Å². The lowest BCUT2D eigenvalue weighted by atomic mass is 9.95. The summed E-state index contributed by atoms with van der Waals surface area (Å²) in [5.74, 6) is -0.0578. The van der Waals surface area contributed by atoms with Crippen molar-refractivity contribution in [1.29, 1.82) is 0 Å². The smallest absolute Gasteiger partial charge is 0.280 e. The quantitative estimate of drug-likeness (QED) is 0.548. The van der Waals surface area contributed by atoms with Gasteiger partial charge in [0.25, 0.3) is 5.56 Å². The van der Waals surface area contributed by atoms with Crippen molar-refractivity contribution in [3.8, 4) is 0 Å². The van der Waals surface area contributed by atoms with Crippen molar-refractivity contribution in [3.63, 3.8) is 0 Å². The highest BCUT2D eigenvalue weighted by Crippen LogP contribution is 2.43. The van der Waals surface area contributed by atoms with Gasteiger partial charge >= 0.3 is 0 Å². The molecule has 4 atom stereocenters. The Morgan fingerprint density at radius 3 is 2.88 bits per heavy atom. The Labute approximate surface area is 144 Å². The molecule has 1 saturated heterocycles. The maximum Gasteiger partial charge on any atom is 0.280 e. The lowest BCUT2D eigenvalue weighted by Crippen LogP contribution is -2.43. The average Bonchev–Trinajstić information content (AvgIpc) is 2.97. The molecule has 1 aliphatic heterocycles. The van der Waals surface area contributed by atoms with Gasteiger partial charge in [-0.3, -0.25) is 14.3 Å². The molecule has 25 heavy (non-hydrogen) atoms. The van der Waals surface area contributed by atoms with Crippen molar-refractivity contribution < 1.29 is 14.9 Å². The maximum absolute atomic E-state index is 11.9.